The molecule has 2 heterocycles. The lowest BCUT2D eigenvalue weighted by Crippen LogP contribution is -2.27. The van der Waals surface area contributed by atoms with Crippen molar-refractivity contribution in [1.29, 1.82) is 0 Å². The van der Waals surface area contributed by atoms with Crippen molar-refractivity contribution in [2.24, 2.45) is 0 Å². The van der Waals surface area contributed by atoms with Crippen LogP contribution in [0.2, 0.25) is 0 Å². The van der Waals surface area contributed by atoms with Gasteiger partial charge in [-0.05, 0) is 42.9 Å². The predicted octanol–water partition coefficient (Wildman–Crippen LogP) is 5.82. The number of thioether (sulfide) groups is 1. The highest BCUT2D eigenvalue weighted by molar-refractivity contribution is 8.02. The van der Waals surface area contributed by atoms with E-state index in [1.54, 1.807) is 13.8 Å². The number of benzene rings is 1. The molecule has 176 valence electrons. The fraction of sp³-hybridized carbons (Fsp3) is 0.440. The second-order valence-corrected chi connectivity index (χ2v) is 11.6. The summed E-state index contributed by atoms with van der Waals surface area (Å²) < 4.78 is -0.130. The molecule has 0 fully saturated rings. The molecule has 3 rings (SSSR count). The van der Waals surface area contributed by atoms with Crippen molar-refractivity contribution >= 4 is 35.0 Å². The van der Waals surface area contributed by atoms with E-state index in [2.05, 4.69) is 64.9 Å². The molecule has 8 heteroatoms. The van der Waals surface area contributed by atoms with Gasteiger partial charge in [-0.2, -0.15) is 0 Å². The molecule has 0 saturated carbocycles. The van der Waals surface area contributed by atoms with Crippen molar-refractivity contribution in [2.45, 2.75) is 69.0 Å². The van der Waals surface area contributed by atoms with Gasteiger partial charge in [0.05, 0.1) is 5.69 Å². The summed E-state index contributed by atoms with van der Waals surface area (Å²) in [5, 5.41) is 11.4. The zero-order valence-electron chi connectivity index (χ0n) is 19.9. The van der Waals surface area contributed by atoms with Crippen LogP contribution in [0.4, 0.5) is 5.95 Å². The van der Waals surface area contributed by atoms with Crippen LogP contribution in [-0.4, -0.2) is 37.3 Å². The largest absolute Gasteiger partial charge is 0.480 e. The van der Waals surface area contributed by atoms with E-state index in [1.165, 1.54) is 34.2 Å². The van der Waals surface area contributed by atoms with Gasteiger partial charge < -0.3 is 10.0 Å². The first-order valence-corrected chi connectivity index (χ1v) is 12.9. The van der Waals surface area contributed by atoms with Gasteiger partial charge in [-0.15, -0.1) is 11.3 Å². The van der Waals surface area contributed by atoms with Crippen LogP contribution in [0.5, 0.6) is 0 Å². The number of hydrogen-bond acceptors (Lipinski definition) is 7. The van der Waals surface area contributed by atoms with Crippen LogP contribution in [0.1, 0.15) is 62.9 Å². The fourth-order valence-corrected chi connectivity index (χ4v) is 5.36. The molecule has 0 aliphatic heterocycles. The maximum absolute atomic E-state index is 11.4. The topological polar surface area (TPSA) is 79.2 Å². The number of anilines is 1. The van der Waals surface area contributed by atoms with Crippen LogP contribution >= 0.6 is 23.1 Å². The van der Waals surface area contributed by atoms with Crippen LogP contribution in [0.25, 0.3) is 0 Å². The Labute approximate surface area is 204 Å². The lowest BCUT2D eigenvalue weighted by Gasteiger charge is -2.23. The maximum Gasteiger partial charge on any atom is 0.319 e. The van der Waals surface area contributed by atoms with Gasteiger partial charge >= 0.3 is 5.97 Å². The molecule has 0 amide bonds. The Hall–Kier alpha value is -2.45. The lowest BCUT2D eigenvalue weighted by molar-refractivity contribution is -0.138. The molecular weight excluding hydrogens is 452 g/mol. The first kappa shape index (κ1) is 25.2. The minimum atomic E-state index is -0.905. The highest BCUT2D eigenvalue weighted by Crippen LogP contribution is 2.34. The van der Waals surface area contributed by atoms with E-state index in [1.807, 2.05) is 17.8 Å². The first-order chi connectivity index (χ1) is 15.7. The molecule has 0 aliphatic carbocycles. The summed E-state index contributed by atoms with van der Waals surface area (Å²) in [5.41, 5.74) is 4.60. The molecule has 1 aromatic carbocycles. The molecule has 33 heavy (non-hydrogen) atoms. The highest BCUT2D eigenvalue weighted by atomic mass is 32.2. The van der Waals surface area contributed by atoms with Crippen LogP contribution in [0, 0.1) is 0 Å². The molecule has 6 nitrogen and oxygen atoms in total. The number of carboxylic acid groups (broad SMARTS) is 1. The van der Waals surface area contributed by atoms with E-state index in [0.717, 1.165) is 28.4 Å². The number of aryl methyl sites for hydroxylation is 1. The fourth-order valence-electron chi connectivity index (χ4n) is 3.13. The number of aromatic nitrogens is 3. The third kappa shape index (κ3) is 7.01. The molecule has 0 saturated heterocycles. The maximum atomic E-state index is 11.4. The van der Waals surface area contributed by atoms with Crippen LogP contribution in [0.3, 0.4) is 0 Å². The minimum absolute atomic E-state index is 0.503. The van der Waals surface area contributed by atoms with Crippen molar-refractivity contribution in [1.82, 2.24) is 15.0 Å². The Balaban J connectivity index is 1.73. The SMILES string of the molecule is CCc1cnc(N(CCc2csc(SC(C)(C)C(=O)O)n2)Cc2ccc(C(C)C)cc2)nc1. The molecule has 3 aromatic rings. The Morgan fingerprint density at radius 1 is 1.15 bits per heavy atom. The predicted molar refractivity (Wildman–Crippen MR) is 136 cm³/mol. The summed E-state index contributed by atoms with van der Waals surface area (Å²) in [4.78, 5) is 27.5. The standard InChI is InChI=1S/C25H32N4O2S2/c1-6-18-13-26-23(27-14-18)29(15-19-7-9-20(10-8-19)17(2)3)12-11-21-16-32-24(28-21)33-25(4,5)22(30)31/h7-10,13-14,16-17H,6,11-12,15H2,1-5H3,(H,30,31). The Kier molecular flexibility index (Phi) is 8.48. The van der Waals surface area contributed by atoms with E-state index in [-0.39, 0.29) is 0 Å². The van der Waals surface area contributed by atoms with Crippen molar-refractivity contribution in [2.75, 3.05) is 11.4 Å². The van der Waals surface area contributed by atoms with Gasteiger partial charge in [-0.25, -0.2) is 15.0 Å². The third-order valence-corrected chi connectivity index (χ3v) is 7.60. The Morgan fingerprint density at radius 3 is 2.39 bits per heavy atom. The number of nitrogens with zero attached hydrogens (tertiary/aromatic N) is 4. The zero-order chi connectivity index (χ0) is 24.0. The second-order valence-electron chi connectivity index (χ2n) is 8.83. The van der Waals surface area contributed by atoms with Gasteiger partial charge in [0.2, 0.25) is 5.95 Å². The summed E-state index contributed by atoms with van der Waals surface area (Å²) in [6, 6.07) is 8.73. The average Bonchev–Trinajstić information content (AvgIpc) is 3.23. The second kappa shape index (κ2) is 11.1. The summed E-state index contributed by atoms with van der Waals surface area (Å²) >= 11 is 2.78. The molecule has 0 radical (unpaired) electrons. The van der Waals surface area contributed by atoms with Crippen molar-refractivity contribution < 1.29 is 9.90 Å². The van der Waals surface area contributed by atoms with Gasteiger partial charge in [0.25, 0.3) is 0 Å². The van der Waals surface area contributed by atoms with E-state index >= 15 is 0 Å². The summed E-state index contributed by atoms with van der Waals surface area (Å²) in [7, 11) is 0. The van der Waals surface area contributed by atoms with E-state index in [0.29, 0.717) is 25.0 Å². The van der Waals surface area contributed by atoms with Crippen LogP contribution in [0.15, 0.2) is 46.4 Å². The number of thiazole rings is 1. The average molecular weight is 485 g/mol. The summed E-state index contributed by atoms with van der Waals surface area (Å²) in [5.74, 6) is 0.367. The molecule has 0 bridgehead atoms. The number of carbonyl (C=O) groups is 1. The lowest BCUT2D eigenvalue weighted by atomic mass is 10.0. The smallest absolute Gasteiger partial charge is 0.319 e. The number of hydrogen-bond donors (Lipinski definition) is 1. The Bertz CT molecular complexity index is 1050. The quantitative estimate of drug-likeness (QED) is 0.343. The van der Waals surface area contributed by atoms with Gasteiger partial charge in [-0.1, -0.05) is 56.8 Å². The number of aliphatic carboxylic acids is 1. The molecular formula is C25H32N4O2S2. The van der Waals surface area contributed by atoms with Crippen molar-refractivity contribution in [3.8, 4) is 0 Å². The van der Waals surface area contributed by atoms with Crippen LogP contribution in [-0.2, 0) is 24.2 Å². The molecule has 2 aromatic heterocycles. The number of carboxylic acids is 1. The summed E-state index contributed by atoms with van der Waals surface area (Å²) in [6.45, 7) is 11.3. The van der Waals surface area contributed by atoms with Crippen LogP contribution < -0.4 is 4.90 Å². The normalized spacial score (nSPS) is 11.7. The van der Waals surface area contributed by atoms with Gasteiger partial charge in [0.15, 0.2) is 4.34 Å². The molecule has 0 unspecified atom stereocenters. The monoisotopic (exact) mass is 484 g/mol. The molecule has 1 N–H and O–H groups in total. The highest BCUT2D eigenvalue weighted by Gasteiger charge is 2.29. The van der Waals surface area contributed by atoms with E-state index < -0.39 is 10.7 Å². The third-order valence-electron chi connectivity index (χ3n) is 5.43. The van der Waals surface area contributed by atoms with E-state index in [9.17, 15) is 9.90 Å². The van der Waals surface area contributed by atoms with Gasteiger partial charge in [0.1, 0.15) is 4.75 Å². The number of rotatable bonds is 11. The van der Waals surface area contributed by atoms with Gasteiger partial charge in [0, 0.05) is 37.3 Å². The first-order valence-electron chi connectivity index (χ1n) is 11.2. The minimum Gasteiger partial charge on any atom is -0.480 e. The molecule has 0 spiro atoms. The van der Waals surface area contributed by atoms with Crippen molar-refractivity contribution in [3.63, 3.8) is 0 Å². The Morgan fingerprint density at radius 2 is 1.82 bits per heavy atom. The summed E-state index contributed by atoms with van der Waals surface area (Å²) in [6.07, 6.45) is 5.42. The van der Waals surface area contributed by atoms with Crippen molar-refractivity contribution in [3.05, 3.63) is 64.4 Å². The molecule has 0 aliphatic rings. The molecule has 0 atom stereocenters. The van der Waals surface area contributed by atoms with E-state index in [4.69, 9.17) is 0 Å². The van der Waals surface area contributed by atoms with Gasteiger partial charge in [-0.3, -0.25) is 4.79 Å². The zero-order valence-corrected chi connectivity index (χ0v) is 21.5.